The number of hydrogen-bond acceptors (Lipinski definition) is 5. The lowest BCUT2D eigenvalue weighted by Crippen LogP contribution is -2.31. The number of ether oxygens (including phenoxy) is 1. The molecule has 22 heavy (non-hydrogen) atoms. The number of rotatable bonds is 4. The fraction of sp³-hybridized carbons (Fsp3) is 0.438. The fourth-order valence-electron chi connectivity index (χ4n) is 2.80. The molecule has 0 bridgehead atoms. The third-order valence-electron chi connectivity index (χ3n) is 3.87. The number of likely N-dealkylation sites (tertiary alicyclic amines) is 1. The molecule has 1 amide bonds. The van der Waals surface area contributed by atoms with Crippen LogP contribution < -0.4 is 0 Å². The van der Waals surface area contributed by atoms with Crippen LogP contribution in [0.3, 0.4) is 0 Å². The van der Waals surface area contributed by atoms with Crippen molar-refractivity contribution in [3.63, 3.8) is 0 Å². The van der Waals surface area contributed by atoms with Crippen molar-refractivity contribution in [2.75, 3.05) is 13.7 Å². The summed E-state index contributed by atoms with van der Waals surface area (Å²) in [6.45, 7) is 3.02. The van der Waals surface area contributed by atoms with Gasteiger partial charge in [-0.05, 0) is 30.5 Å². The van der Waals surface area contributed by atoms with E-state index in [-0.39, 0.29) is 11.9 Å². The minimum Gasteiger partial charge on any atom is -0.380 e. The predicted molar refractivity (Wildman–Crippen MR) is 79.2 cm³/mol. The maximum Gasteiger partial charge on any atom is 0.254 e. The third-order valence-corrected chi connectivity index (χ3v) is 3.87. The summed E-state index contributed by atoms with van der Waals surface area (Å²) in [5.41, 5.74) is 1.72. The maximum absolute atomic E-state index is 12.7. The molecule has 6 nitrogen and oxygen atoms in total. The fourth-order valence-corrected chi connectivity index (χ4v) is 2.80. The average Bonchev–Trinajstić information content (AvgIpc) is 3.16. The number of nitrogens with zero attached hydrogens (tertiary/aromatic N) is 3. The van der Waals surface area contributed by atoms with E-state index in [4.69, 9.17) is 9.26 Å². The van der Waals surface area contributed by atoms with Crippen LogP contribution >= 0.6 is 0 Å². The quantitative estimate of drug-likeness (QED) is 0.868. The first-order valence-electron chi connectivity index (χ1n) is 7.38. The molecule has 1 fully saturated rings. The summed E-state index contributed by atoms with van der Waals surface area (Å²) in [5.74, 6) is 1.13. The summed E-state index contributed by atoms with van der Waals surface area (Å²) >= 11 is 0. The van der Waals surface area contributed by atoms with E-state index in [1.165, 1.54) is 0 Å². The number of aromatic nitrogens is 2. The molecule has 1 aromatic carbocycles. The van der Waals surface area contributed by atoms with Crippen LogP contribution in [0.25, 0.3) is 0 Å². The van der Waals surface area contributed by atoms with Crippen molar-refractivity contribution < 1.29 is 14.1 Å². The van der Waals surface area contributed by atoms with Gasteiger partial charge in [0, 0.05) is 26.1 Å². The molecule has 0 aliphatic carbocycles. The molecule has 1 saturated heterocycles. The van der Waals surface area contributed by atoms with E-state index in [1.54, 1.807) is 14.0 Å². The Morgan fingerprint density at radius 2 is 2.18 bits per heavy atom. The molecule has 6 heteroatoms. The Morgan fingerprint density at radius 3 is 2.82 bits per heavy atom. The summed E-state index contributed by atoms with van der Waals surface area (Å²) in [5, 5.41) is 3.97. The lowest BCUT2D eigenvalue weighted by atomic mass is 10.1. The Labute approximate surface area is 129 Å². The Hall–Kier alpha value is -2.21. The van der Waals surface area contributed by atoms with Gasteiger partial charge in [0.2, 0.25) is 5.89 Å². The Bertz CT molecular complexity index is 651. The van der Waals surface area contributed by atoms with Crippen LogP contribution in [0.4, 0.5) is 0 Å². The molecule has 1 aliphatic rings. The van der Waals surface area contributed by atoms with Gasteiger partial charge in [0.1, 0.15) is 0 Å². The second-order valence-corrected chi connectivity index (χ2v) is 5.46. The summed E-state index contributed by atoms with van der Waals surface area (Å²) in [4.78, 5) is 18.8. The van der Waals surface area contributed by atoms with Crippen LogP contribution in [0.5, 0.6) is 0 Å². The molecule has 0 spiro atoms. The number of benzene rings is 1. The Kier molecular flexibility index (Phi) is 4.20. The molecular weight excluding hydrogens is 282 g/mol. The van der Waals surface area contributed by atoms with Gasteiger partial charge < -0.3 is 14.2 Å². The lowest BCUT2D eigenvalue weighted by Gasteiger charge is -2.22. The van der Waals surface area contributed by atoms with Gasteiger partial charge in [0.05, 0.1) is 12.6 Å². The van der Waals surface area contributed by atoms with E-state index in [1.807, 2.05) is 29.2 Å². The second kappa shape index (κ2) is 6.27. The molecular formula is C16H19N3O3. The third kappa shape index (κ3) is 2.87. The van der Waals surface area contributed by atoms with Crippen molar-refractivity contribution in [3.8, 4) is 0 Å². The van der Waals surface area contributed by atoms with Crippen LogP contribution in [0, 0.1) is 6.92 Å². The standard InChI is InChI=1S/C16H19N3O3/c1-11-17-15(18-22-11)14-4-3-9-19(14)16(20)13-7-5-12(6-8-13)10-21-2/h5-8,14H,3-4,9-10H2,1-2H3/t14-/m1/s1. The molecule has 2 heterocycles. The van der Waals surface area contributed by atoms with E-state index in [0.29, 0.717) is 23.9 Å². The molecule has 1 aliphatic heterocycles. The largest absolute Gasteiger partial charge is 0.380 e. The highest BCUT2D eigenvalue weighted by Crippen LogP contribution is 2.31. The normalized spacial score (nSPS) is 17.9. The summed E-state index contributed by atoms with van der Waals surface area (Å²) in [7, 11) is 1.65. The zero-order valence-corrected chi connectivity index (χ0v) is 12.8. The number of carbonyl (C=O) groups is 1. The topological polar surface area (TPSA) is 68.5 Å². The summed E-state index contributed by atoms with van der Waals surface area (Å²) < 4.78 is 10.1. The van der Waals surface area contributed by atoms with Gasteiger partial charge in [-0.15, -0.1) is 0 Å². The van der Waals surface area contributed by atoms with Crippen LogP contribution in [-0.4, -0.2) is 34.6 Å². The molecule has 0 unspecified atom stereocenters. The molecule has 0 saturated carbocycles. The van der Waals surface area contributed by atoms with Crippen LogP contribution in [-0.2, 0) is 11.3 Å². The van der Waals surface area contributed by atoms with Crippen LogP contribution in [0.2, 0.25) is 0 Å². The zero-order valence-electron chi connectivity index (χ0n) is 12.8. The molecule has 0 N–H and O–H groups in total. The van der Waals surface area contributed by atoms with Gasteiger partial charge in [-0.2, -0.15) is 4.98 Å². The number of amides is 1. The monoisotopic (exact) mass is 301 g/mol. The highest BCUT2D eigenvalue weighted by atomic mass is 16.5. The van der Waals surface area contributed by atoms with Gasteiger partial charge in [0.15, 0.2) is 5.82 Å². The van der Waals surface area contributed by atoms with Crippen molar-refractivity contribution in [2.45, 2.75) is 32.4 Å². The molecule has 116 valence electrons. The smallest absolute Gasteiger partial charge is 0.254 e. The molecule has 3 rings (SSSR count). The molecule has 1 atom stereocenters. The number of hydrogen-bond donors (Lipinski definition) is 0. The Morgan fingerprint density at radius 1 is 1.41 bits per heavy atom. The van der Waals surface area contributed by atoms with E-state index < -0.39 is 0 Å². The average molecular weight is 301 g/mol. The van der Waals surface area contributed by atoms with Gasteiger partial charge >= 0.3 is 0 Å². The molecule has 1 aromatic heterocycles. The predicted octanol–water partition coefficient (Wildman–Crippen LogP) is 2.50. The lowest BCUT2D eigenvalue weighted by molar-refractivity contribution is 0.0728. The first-order chi connectivity index (χ1) is 10.7. The van der Waals surface area contributed by atoms with Crippen LogP contribution in [0.1, 0.15) is 46.5 Å². The number of carbonyl (C=O) groups excluding carboxylic acids is 1. The highest BCUT2D eigenvalue weighted by Gasteiger charge is 2.33. The zero-order chi connectivity index (χ0) is 15.5. The van der Waals surface area contributed by atoms with Crippen molar-refractivity contribution in [1.29, 1.82) is 0 Å². The van der Waals surface area contributed by atoms with Crippen molar-refractivity contribution in [1.82, 2.24) is 15.0 Å². The van der Waals surface area contributed by atoms with Gasteiger partial charge in [-0.25, -0.2) is 0 Å². The van der Waals surface area contributed by atoms with E-state index in [9.17, 15) is 4.79 Å². The molecule has 0 radical (unpaired) electrons. The number of aryl methyl sites for hydroxylation is 1. The minimum atomic E-state index is -0.0939. The van der Waals surface area contributed by atoms with Crippen molar-refractivity contribution >= 4 is 5.91 Å². The minimum absolute atomic E-state index is 0.00826. The molecule has 2 aromatic rings. The van der Waals surface area contributed by atoms with E-state index in [2.05, 4.69) is 10.1 Å². The van der Waals surface area contributed by atoms with Crippen molar-refractivity contribution in [2.24, 2.45) is 0 Å². The summed E-state index contributed by atoms with van der Waals surface area (Å²) in [6, 6.07) is 7.42. The maximum atomic E-state index is 12.7. The number of methoxy groups -OCH3 is 1. The van der Waals surface area contributed by atoms with Gasteiger partial charge in [-0.3, -0.25) is 4.79 Å². The first-order valence-corrected chi connectivity index (χ1v) is 7.38. The van der Waals surface area contributed by atoms with Gasteiger partial charge in [-0.1, -0.05) is 17.3 Å². The highest BCUT2D eigenvalue weighted by molar-refractivity contribution is 5.94. The second-order valence-electron chi connectivity index (χ2n) is 5.46. The van der Waals surface area contributed by atoms with E-state index >= 15 is 0 Å². The Balaban J connectivity index is 1.78. The van der Waals surface area contributed by atoms with Crippen LogP contribution in [0.15, 0.2) is 28.8 Å². The van der Waals surface area contributed by atoms with Gasteiger partial charge in [0.25, 0.3) is 5.91 Å². The van der Waals surface area contributed by atoms with E-state index in [0.717, 1.165) is 24.9 Å². The van der Waals surface area contributed by atoms with Crippen molar-refractivity contribution in [3.05, 3.63) is 47.1 Å². The SMILES string of the molecule is COCc1ccc(C(=O)N2CCC[C@@H]2c2noc(C)n2)cc1. The first kappa shape index (κ1) is 14.7. The summed E-state index contributed by atoms with van der Waals surface area (Å²) in [6.07, 6.45) is 1.82.